The standard InChI is InChI=1S/C84H114O45/c1-35-28-83-26-22-58-81(19,24-21-25-82(58,20)80(102)128-78-73(68(116-49(15)98)63(111-44(10)93)56(123-78)32-106-39(5)88)126-76-71(118-51(17)100)66(114-47(13)96)61(109-42(8)91)54(121-76)30-104-37(3)86)59(83)23-27-84(35,34-83)129-79-74(127-77-72(119-52(18)101)67(115-48(14)97)62(110-43(9)92)55(122-77)31-105-38(4)87)69(64(112-45(11)94)57(124-79)33-107-40(6)89)125-75-70(117-50(16)99)65(113-46(12)95)60(108-41(7)90)53(120-75)29-103-36(2)85/h53-79H,1,21-34H2,2-20H3/t53?,54?,55?,56?,57?,58?,59?,60?,61?,62?,63?,64?,65?,66?,67?,68?,69?,70?,71?,72?,73?,74?,75?,76?,77?,78?,79?,81-,82-,83-,84+/m1/s1. The molecule has 4 saturated carbocycles. The van der Waals surface area contributed by atoms with Crippen LogP contribution >= 0.6 is 0 Å². The zero-order chi connectivity index (χ0) is 95.5. The van der Waals surface area contributed by atoms with Gasteiger partial charge in [-0.2, -0.15) is 0 Å². The summed E-state index contributed by atoms with van der Waals surface area (Å²) in [6, 6.07) is 0. The third kappa shape index (κ3) is 25.1. The lowest BCUT2D eigenvalue weighted by molar-refractivity contribution is -0.400. The number of ether oxygens (including phenoxy) is 27. The first-order chi connectivity index (χ1) is 60.4. The Morgan fingerprint density at radius 3 is 0.868 bits per heavy atom. The second-order valence-electron chi connectivity index (χ2n) is 33.7. The molecule has 5 heterocycles. The largest absolute Gasteiger partial charge is 0.463 e. The number of esters is 18. The van der Waals surface area contributed by atoms with Crippen molar-refractivity contribution < 1.29 is 214 Å². The zero-order valence-corrected chi connectivity index (χ0v) is 75.1. The minimum absolute atomic E-state index is 0.0412. The van der Waals surface area contributed by atoms with Crippen molar-refractivity contribution >= 4 is 107 Å². The molecule has 9 rings (SSSR count). The Balaban J connectivity index is 1.16. The van der Waals surface area contributed by atoms with Crippen molar-refractivity contribution in [1.29, 1.82) is 0 Å². The molecule has 0 N–H and O–H groups in total. The maximum atomic E-state index is 16.2. The highest BCUT2D eigenvalue weighted by Gasteiger charge is 2.71. The van der Waals surface area contributed by atoms with Gasteiger partial charge in [0.15, 0.2) is 105 Å². The van der Waals surface area contributed by atoms with Crippen molar-refractivity contribution in [3.05, 3.63) is 12.2 Å². The van der Waals surface area contributed by atoms with E-state index in [1.807, 2.05) is 6.92 Å². The lowest BCUT2D eigenvalue weighted by atomic mass is 9.41. The highest BCUT2D eigenvalue weighted by atomic mass is 16.8. The normalized spacial score (nSPS) is 36.6. The molecule has 0 aromatic carbocycles. The van der Waals surface area contributed by atoms with E-state index in [1.54, 1.807) is 6.92 Å². The number of carbonyl (C=O) groups excluding carboxylic acids is 18. The van der Waals surface area contributed by atoms with Gasteiger partial charge < -0.3 is 128 Å². The summed E-state index contributed by atoms with van der Waals surface area (Å²) in [5.74, 6) is -19.0. The highest BCUT2D eigenvalue weighted by molar-refractivity contribution is 5.78. The highest BCUT2D eigenvalue weighted by Crippen LogP contribution is 2.74. The molecule has 4 aliphatic carbocycles. The van der Waals surface area contributed by atoms with Gasteiger partial charge in [-0.1, -0.05) is 19.9 Å². The second kappa shape index (κ2) is 43.3. The molecular weight excluding hydrogens is 1730 g/mol. The Morgan fingerprint density at radius 2 is 0.550 bits per heavy atom. The number of hydrogen-bond donors (Lipinski definition) is 0. The van der Waals surface area contributed by atoms with E-state index in [9.17, 15) is 81.5 Å². The van der Waals surface area contributed by atoms with Crippen LogP contribution in [0.5, 0.6) is 0 Å². The third-order valence-corrected chi connectivity index (χ3v) is 23.9. The molecule has 0 radical (unpaired) electrons. The Bertz CT molecular complexity index is 4220. The molecule has 9 aliphatic rings. The summed E-state index contributed by atoms with van der Waals surface area (Å²) in [5, 5.41) is 0. The molecule has 129 heavy (non-hydrogen) atoms. The Hall–Kier alpha value is -10.2. The average molecular weight is 1840 g/mol. The quantitative estimate of drug-likeness (QED) is 0.0404. The molecule has 31 atom stereocenters. The van der Waals surface area contributed by atoms with Crippen LogP contribution in [0, 0.1) is 28.1 Å². The van der Waals surface area contributed by atoms with Crippen LogP contribution in [-0.4, -0.2) is 300 Å². The van der Waals surface area contributed by atoms with E-state index < -0.39 is 322 Å². The van der Waals surface area contributed by atoms with E-state index in [1.165, 1.54) is 0 Å². The first kappa shape index (κ1) is 103. The molecular formula is C84H114O45. The van der Waals surface area contributed by atoms with Crippen LogP contribution in [0.25, 0.3) is 0 Å². The smallest absolute Gasteiger partial charge is 0.314 e. The fourth-order valence-electron chi connectivity index (χ4n) is 19.6. The fraction of sp³-hybridized carbons (Fsp3) is 0.762. The molecule has 5 aliphatic heterocycles. The van der Waals surface area contributed by atoms with Crippen molar-refractivity contribution in [2.75, 3.05) is 33.0 Å². The monoisotopic (exact) mass is 1840 g/mol. The van der Waals surface area contributed by atoms with Crippen LogP contribution in [0.15, 0.2) is 12.2 Å². The SMILES string of the molecule is C=C1C[C@@]23CCC4[C@@](C)(CCC[C@@]4(C)C(=O)OC4OC(COC(C)=O)C(OC(C)=O)C(OC(C)=O)C4OC4OC(COC(C)=O)C(OC(C)=O)C(OC(C)=O)C4OC(C)=O)C2CC[C@]1(OC1OC(COC(C)=O)C(OC(C)=O)C(OC2OC(COC(C)=O)C(OC(C)=O)C(OC(C)=O)C2OC(C)=O)C1OC1OC(COC(C)=O)C(OC(C)=O)C(OC(C)=O)C1OC(C)=O)C3. The minimum Gasteiger partial charge on any atom is -0.463 e. The summed E-state index contributed by atoms with van der Waals surface area (Å²) in [6.45, 7) is 21.3. The van der Waals surface area contributed by atoms with Crippen molar-refractivity contribution in [3.8, 4) is 0 Å². The van der Waals surface area contributed by atoms with E-state index in [0.29, 0.717) is 24.8 Å². The predicted octanol–water partition coefficient (Wildman–Crippen LogP) is 2.41. The van der Waals surface area contributed by atoms with Crippen LogP contribution in [0.4, 0.5) is 0 Å². The summed E-state index contributed by atoms with van der Waals surface area (Å²) < 4.78 is 164. The van der Waals surface area contributed by atoms with Crippen molar-refractivity contribution in [2.45, 2.75) is 348 Å². The number of hydrogen-bond acceptors (Lipinski definition) is 45. The van der Waals surface area contributed by atoms with E-state index in [2.05, 4.69) is 6.58 Å². The molecule has 45 nitrogen and oxygen atoms in total. The van der Waals surface area contributed by atoms with Crippen molar-refractivity contribution in [2.24, 2.45) is 28.1 Å². The molecule has 2 bridgehead atoms. The summed E-state index contributed by atoms with van der Waals surface area (Å²) in [4.78, 5) is 239. The average Bonchev–Trinajstić information content (AvgIpc) is 1.58. The number of fused-ring (bicyclic) bond motifs is 3. The molecule has 0 aromatic heterocycles. The Labute approximate surface area is 740 Å². The van der Waals surface area contributed by atoms with Gasteiger partial charge in [-0.25, -0.2) is 0 Å². The Kier molecular flexibility index (Phi) is 34.4. The first-order valence-electron chi connectivity index (χ1n) is 41.9. The topological polar surface area (TPSA) is 556 Å². The molecule has 0 amide bonds. The summed E-state index contributed by atoms with van der Waals surface area (Å²) in [7, 11) is 0. The van der Waals surface area contributed by atoms with E-state index in [0.717, 1.165) is 118 Å². The predicted molar refractivity (Wildman–Crippen MR) is 414 cm³/mol. The van der Waals surface area contributed by atoms with Gasteiger partial charge in [0.25, 0.3) is 0 Å². The lowest BCUT2D eigenvalue weighted by Crippen LogP contribution is -2.69. The van der Waals surface area contributed by atoms with Gasteiger partial charge in [-0.05, 0) is 86.5 Å². The lowest BCUT2D eigenvalue weighted by Gasteiger charge is -2.64. The van der Waals surface area contributed by atoms with Crippen molar-refractivity contribution in [1.82, 2.24) is 0 Å². The van der Waals surface area contributed by atoms with Gasteiger partial charge >= 0.3 is 107 Å². The van der Waals surface area contributed by atoms with Crippen LogP contribution in [0.1, 0.15) is 189 Å². The summed E-state index contributed by atoms with van der Waals surface area (Å²) in [6.07, 6.45) is -46.3. The Morgan fingerprint density at radius 1 is 0.287 bits per heavy atom. The molecule has 720 valence electrons. The molecule has 45 heteroatoms. The van der Waals surface area contributed by atoms with Crippen molar-refractivity contribution in [3.63, 3.8) is 0 Å². The zero-order valence-electron chi connectivity index (χ0n) is 75.1. The van der Waals surface area contributed by atoms with Crippen LogP contribution < -0.4 is 0 Å². The van der Waals surface area contributed by atoms with Gasteiger partial charge in [-0.15, -0.1) is 0 Å². The van der Waals surface area contributed by atoms with E-state index in [-0.39, 0.29) is 44.4 Å². The third-order valence-electron chi connectivity index (χ3n) is 23.9. The maximum Gasteiger partial charge on any atom is 0.314 e. The minimum atomic E-state index is -2.21. The second-order valence-corrected chi connectivity index (χ2v) is 33.7. The van der Waals surface area contributed by atoms with E-state index in [4.69, 9.17) is 128 Å². The van der Waals surface area contributed by atoms with Gasteiger partial charge in [-0.3, -0.25) is 86.3 Å². The molecule has 27 unspecified atom stereocenters. The van der Waals surface area contributed by atoms with Gasteiger partial charge in [0, 0.05) is 118 Å². The van der Waals surface area contributed by atoms with Gasteiger partial charge in [0.05, 0.1) is 11.0 Å². The first-order valence-corrected chi connectivity index (χ1v) is 41.9. The number of carbonyl (C=O) groups is 18. The van der Waals surface area contributed by atoms with Crippen LogP contribution in [-0.2, 0) is 214 Å². The van der Waals surface area contributed by atoms with Crippen LogP contribution in [0.3, 0.4) is 0 Å². The van der Waals surface area contributed by atoms with Crippen LogP contribution in [0.2, 0.25) is 0 Å². The summed E-state index contributed by atoms with van der Waals surface area (Å²) in [5.41, 5.74) is -4.32. The number of rotatable bonds is 32. The fourth-order valence-corrected chi connectivity index (χ4v) is 19.6. The van der Waals surface area contributed by atoms with Gasteiger partial charge in [0.2, 0.25) is 6.29 Å². The molecule has 0 aromatic rings. The van der Waals surface area contributed by atoms with E-state index >= 15 is 4.79 Å². The van der Waals surface area contributed by atoms with Gasteiger partial charge in [0.1, 0.15) is 75.8 Å². The maximum absolute atomic E-state index is 16.2. The molecule has 9 fully saturated rings. The molecule has 1 spiro atoms. The summed E-state index contributed by atoms with van der Waals surface area (Å²) >= 11 is 0. The molecule has 5 saturated heterocycles.